The van der Waals surface area contributed by atoms with E-state index in [0.717, 1.165) is 11.1 Å². The van der Waals surface area contributed by atoms with Crippen molar-refractivity contribution in [3.63, 3.8) is 0 Å². The summed E-state index contributed by atoms with van der Waals surface area (Å²) in [6.45, 7) is 1.99. The fraction of sp³-hybridized carbons (Fsp3) is 0.200. The van der Waals surface area contributed by atoms with Gasteiger partial charge in [0.25, 0.3) is 0 Å². The van der Waals surface area contributed by atoms with Crippen LogP contribution in [0.4, 0.5) is 0 Å². The van der Waals surface area contributed by atoms with Crippen molar-refractivity contribution in [2.45, 2.75) is 6.92 Å². The number of alkyl halides is 1. The van der Waals surface area contributed by atoms with Gasteiger partial charge in [0.15, 0.2) is 0 Å². The number of aromatic hydroxyl groups is 1. The van der Waals surface area contributed by atoms with Crippen LogP contribution in [0.3, 0.4) is 0 Å². The van der Waals surface area contributed by atoms with Gasteiger partial charge in [0.05, 0.1) is 0 Å². The summed E-state index contributed by atoms with van der Waals surface area (Å²) in [5.41, 5.74) is 2.14. The van der Waals surface area contributed by atoms with Crippen LogP contribution in [0.25, 0.3) is 6.08 Å². The summed E-state index contributed by atoms with van der Waals surface area (Å²) in [4.78, 5) is 0. The van der Waals surface area contributed by atoms with Crippen molar-refractivity contribution in [2.75, 3.05) is 5.88 Å². The van der Waals surface area contributed by atoms with Crippen LogP contribution in [0.15, 0.2) is 24.3 Å². The van der Waals surface area contributed by atoms with Crippen LogP contribution in [0, 0.1) is 6.92 Å². The van der Waals surface area contributed by atoms with Crippen LogP contribution >= 0.6 is 11.6 Å². The van der Waals surface area contributed by atoms with E-state index in [4.69, 9.17) is 16.7 Å². The maximum Gasteiger partial charge on any atom is 0.116 e. The minimum atomic E-state index is 0.287. The number of aryl methyl sites for hydroxylation is 1. The Balaban J connectivity index is 2.97. The number of phenols is 1. The third kappa shape index (κ3) is 2.28. The number of hydrogen-bond donors (Lipinski definition) is 1. The second-order valence-electron chi connectivity index (χ2n) is 2.60. The van der Waals surface area contributed by atoms with Gasteiger partial charge in [-0.1, -0.05) is 18.2 Å². The molecule has 0 heterocycles. The summed E-state index contributed by atoms with van der Waals surface area (Å²) in [7, 11) is 0. The Morgan fingerprint density at radius 2 is 2.25 bits per heavy atom. The van der Waals surface area contributed by atoms with Crippen molar-refractivity contribution < 1.29 is 5.11 Å². The van der Waals surface area contributed by atoms with E-state index in [1.165, 1.54) is 0 Å². The molecule has 0 aliphatic heterocycles. The maximum absolute atomic E-state index is 9.17. The van der Waals surface area contributed by atoms with Crippen LogP contribution in [0.2, 0.25) is 0 Å². The Labute approximate surface area is 77.3 Å². The van der Waals surface area contributed by atoms with Gasteiger partial charge < -0.3 is 5.11 Å². The molecule has 1 aromatic rings. The first kappa shape index (κ1) is 9.14. The normalized spacial score (nSPS) is 10.8. The van der Waals surface area contributed by atoms with Crippen molar-refractivity contribution >= 4 is 17.7 Å². The molecule has 0 bridgehead atoms. The molecule has 0 radical (unpaired) electrons. The molecular weight excluding hydrogens is 172 g/mol. The lowest BCUT2D eigenvalue weighted by Crippen LogP contribution is -1.79. The zero-order valence-corrected chi connectivity index (χ0v) is 7.67. The minimum absolute atomic E-state index is 0.287. The highest BCUT2D eigenvalue weighted by atomic mass is 35.5. The van der Waals surface area contributed by atoms with E-state index in [9.17, 15) is 0 Å². The van der Waals surface area contributed by atoms with Crippen molar-refractivity contribution in [1.82, 2.24) is 0 Å². The summed E-state index contributed by atoms with van der Waals surface area (Å²) in [5, 5.41) is 9.17. The molecule has 0 fully saturated rings. The third-order valence-corrected chi connectivity index (χ3v) is 1.83. The zero-order chi connectivity index (χ0) is 8.97. The van der Waals surface area contributed by atoms with Gasteiger partial charge in [-0.05, 0) is 30.2 Å². The highest BCUT2D eigenvalue weighted by Gasteiger charge is 1.94. The van der Waals surface area contributed by atoms with E-state index in [2.05, 4.69) is 0 Å². The lowest BCUT2D eigenvalue weighted by atomic mass is 10.1. The van der Waals surface area contributed by atoms with Gasteiger partial charge in [0, 0.05) is 5.88 Å². The molecule has 1 rings (SSSR count). The molecule has 0 spiro atoms. The number of benzene rings is 1. The van der Waals surface area contributed by atoms with E-state index >= 15 is 0 Å². The van der Waals surface area contributed by atoms with Gasteiger partial charge >= 0.3 is 0 Å². The number of halogens is 1. The molecule has 1 aromatic carbocycles. The number of phenolic OH excluding ortho intramolecular Hbond substituents is 1. The predicted molar refractivity (Wildman–Crippen MR) is 52.6 cm³/mol. The SMILES string of the molecule is Cc1ccc(O)cc1C=CCCl. The van der Waals surface area contributed by atoms with E-state index in [0.29, 0.717) is 5.88 Å². The van der Waals surface area contributed by atoms with E-state index < -0.39 is 0 Å². The third-order valence-electron chi connectivity index (χ3n) is 1.65. The zero-order valence-electron chi connectivity index (χ0n) is 6.92. The summed E-state index contributed by atoms with van der Waals surface area (Å²) in [6.07, 6.45) is 3.76. The Hall–Kier alpha value is -0.950. The molecule has 0 atom stereocenters. The molecule has 0 amide bonds. The molecule has 0 aliphatic rings. The average molecular weight is 183 g/mol. The van der Waals surface area contributed by atoms with Crippen LogP contribution in [-0.2, 0) is 0 Å². The number of hydrogen-bond acceptors (Lipinski definition) is 1. The monoisotopic (exact) mass is 182 g/mol. The molecule has 1 nitrogen and oxygen atoms in total. The van der Waals surface area contributed by atoms with Crippen molar-refractivity contribution in [3.8, 4) is 5.75 Å². The maximum atomic E-state index is 9.17. The number of rotatable bonds is 2. The smallest absolute Gasteiger partial charge is 0.116 e. The lowest BCUT2D eigenvalue weighted by molar-refractivity contribution is 0.475. The van der Waals surface area contributed by atoms with Crippen LogP contribution in [0.1, 0.15) is 11.1 Å². The van der Waals surface area contributed by atoms with Crippen molar-refractivity contribution in [2.24, 2.45) is 0 Å². The molecule has 0 saturated heterocycles. The second-order valence-corrected chi connectivity index (χ2v) is 2.91. The van der Waals surface area contributed by atoms with E-state index in [1.54, 1.807) is 12.1 Å². The predicted octanol–water partition coefficient (Wildman–Crippen LogP) is 2.95. The standard InChI is InChI=1S/C10H11ClO/c1-8-4-5-10(12)7-9(8)3-2-6-11/h2-5,7,12H,6H2,1H3. The molecular formula is C10H11ClO. The Bertz CT molecular complexity index is 292. The van der Waals surface area contributed by atoms with Crippen molar-refractivity contribution in [3.05, 3.63) is 35.4 Å². The second kappa shape index (κ2) is 4.17. The first-order valence-electron chi connectivity index (χ1n) is 3.76. The molecule has 0 unspecified atom stereocenters. The van der Waals surface area contributed by atoms with Crippen LogP contribution in [-0.4, -0.2) is 11.0 Å². The topological polar surface area (TPSA) is 20.2 Å². The number of allylic oxidation sites excluding steroid dienone is 1. The van der Waals surface area contributed by atoms with E-state index in [1.807, 2.05) is 25.1 Å². The van der Waals surface area contributed by atoms with Gasteiger partial charge in [0.1, 0.15) is 5.75 Å². The molecule has 12 heavy (non-hydrogen) atoms. The fourth-order valence-corrected chi connectivity index (χ4v) is 1.07. The Kier molecular flexibility index (Phi) is 3.18. The largest absolute Gasteiger partial charge is 0.508 e. The molecule has 0 aliphatic carbocycles. The summed E-state index contributed by atoms with van der Waals surface area (Å²) in [6, 6.07) is 5.27. The molecule has 0 saturated carbocycles. The summed E-state index contributed by atoms with van der Waals surface area (Å²) < 4.78 is 0. The van der Waals surface area contributed by atoms with Crippen LogP contribution in [0.5, 0.6) is 5.75 Å². The molecule has 64 valence electrons. The first-order chi connectivity index (χ1) is 5.74. The van der Waals surface area contributed by atoms with Gasteiger partial charge in [0.2, 0.25) is 0 Å². The van der Waals surface area contributed by atoms with Gasteiger partial charge in [-0.25, -0.2) is 0 Å². The first-order valence-corrected chi connectivity index (χ1v) is 4.29. The highest BCUT2D eigenvalue weighted by molar-refractivity contribution is 6.19. The Morgan fingerprint density at radius 3 is 2.92 bits per heavy atom. The van der Waals surface area contributed by atoms with Gasteiger partial charge in [-0.3, -0.25) is 0 Å². The lowest BCUT2D eigenvalue weighted by Gasteiger charge is -1.99. The summed E-state index contributed by atoms with van der Waals surface area (Å²) >= 11 is 5.49. The highest BCUT2D eigenvalue weighted by Crippen LogP contribution is 2.16. The van der Waals surface area contributed by atoms with Crippen molar-refractivity contribution in [1.29, 1.82) is 0 Å². The molecule has 1 N–H and O–H groups in total. The Morgan fingerprint density at radius 1 is 1.50 bits per heavy atom. The van der Waals surface area contributed by atoms with Gasteiger partial charge in [-0.15, -0.1) is 11.6 Å². The quantitative estimate of drug-likeness (QED) is 0.698. The average Bonchev–Trinajstić information content (AvgIpc) is 2.07. The fourth-order valence-electron chi connectivity index (χ4n) is 0.979. The summed E-state index contributed by atoms with van der Waals surface area (Å²) in [5.74, 6) is 0.782. The van der Waals surface area contributed by atoms with E-state index in [-0.39, 0.29) is 5.75 Å². The molecule has 0 aromatic heterocycles. The molecule has 2 heteroatoms. The minimum Gasteiger partial charge on any atom is -0.508 e. The van der Waals surface area contributed by atoms with Crippen LogP contribution < -0.4 is 0 Å². The van der Waals surface area contributed by atoms with Gasteiger partial charge in [-0.2, -0.15) is 0 Å².